The van der Waals surface area contributed by atoms with Gasteiger partial charge in [0.15, 0.2) is 5.82 Å². The van der Waals surface area contributed by atoms with Crippen LogP contribution in [0.25, 0.3) is 5.82 Å². The van der Waals surface area contributed by atoms with Crippen LogP contribution in [0.1, 0.15) is 52.4 Å². The van der Waals surface area contributed by atoms with Crippen LogP contribution in [0, 0.1) is 0 Å². The SMILES string of the molecule is CC(C)OC(=O)N1CCC(O[C@H]2CC[C@H](Oc3ccc(-n4cncn4)nc3)CC2)CC1. The van der Waals surface area contributed by atoms with E-state index in [2.05, 4.69) is 15.1 Å². The van der Waals surface area contributed by atoms with Gasteiger partial charge in [0, 0.05) is 13.1 Å². The largest absolute Gasteiger partial charge is 0.489 e. The molecule has 0 unspecified atom stereocenters. The minimum Gasteiger partial charge on any atom is -0.489 e. The number of hydrogen-bond donors (Lipinski definition) is 0. The van der Waals surface area contributed by atoms with Crippen molar-refractivity contribution >= 4 is 6.09 Å². The average molecular weight is 430 g/mol. The molecule has 2 fully saturated rings. The second-order valence-corrected chi connectivity index (χ2v) is 8.46. The Morgan fingerprint density at radius 3 is 2.35 bits per heavy atom. The van der Waals surface area contributed by atoms with Crippen LogP contribution >= 0.6 is 0 Å². The molecule has 1 amide bonds. The number of hydrogen-bond acceptors (Lipinski definition) is 7. The minimum atomic E-state index is -0.213. The van der Waals surface area contributed by atoms with Crippen molar-refractivity contribution in [2.45, 2.75) is 76.8 Å². The Balaban J connectivity index is 1.16. The van der Waals surface area contributed by atoms with Gasteiger partial charge in [-0.25, -0.2) is 19.4 Å². The molecule has 9 heteroatoms. The first-order valence-electron chi connectivity index (χ1n) is 11.2. The summed E-state index contributed by atoms with van der Waals surface area (Å²) >= 11 is 0. The lowest BCUT2D eigenvalue weighted by molar-refractivity contribution is -0.0656. The van der Waals surface area contributed by atoms with E-state index in [-0.39, 0.29) is 30.5 Å². The van der Waals surface area contributed by atoms with E-state index in [0.717, 1.165) is 44.3 Å². The fourth-order valence-corrected chi connectivity index (χ4v) is 4.11. The summed E-state index contributed by atoms with van der Waals surface area (Å²) in [5, 5.41) is 4.07. The Morgan fingerprint density at radius 2 is 1.74 bits per heavy atom. The van der Waals surface area contributed by atoms with Gasteiger partial charge in [0.2, 0.25) is 0 Å². The number of likely N-dealkylation sites (tertiary alicyclic amines) is 1. The molecule has 2 aromatic heterocycles. The zero-order chi connectivity index (χ0) is 21.6. The van der Waals surface area contributed by atoms with Crippen LogP contribution in [-0.4, -0.2) is 68.2 Å². The highest BCUT2D eigenvalue weighted by molar-refractivity contribution is 5.67. The minimum absolute atomic E-state index is 0.0821. The maximum Gasteiger partial charge on any atom is 0.410 e. The number of rotatable bonds is 6. The van der Waals surface area contributed by atoms with Gasteiger partial charge in [-0.05, 0) is 64.5 Å². The normalized spacial score (nSPS) is 22.5. The predicted molar refractivity (Wildman–Crippen MR) is 113 cm³/mol. The molecule has 4 rings (SSSR count). The fourth-order valence-electron chi connectivity index (χ4n) is 4.11. The molecule has 1 saturated carbocycles. The van der Waals surface area contributed by atoms with E-state index in [1.54, 1.807) is 22.1 Å². The standard InChI is InChI=1S/C22H31N5O4/c1-16(2)29-22(28)26-11-9-19(10-12-26)30-17-3-5-18(6-4-17)31-20-7-8-21(24-13-20)27-15-23-14-25-27/h7-8,13-19H,3-6,9-12H2,1-2H3/t17-,18-. The number of carbonyl (C=O) groups is 1. The highest BCUT2D eigenvalue weighted by atomic mass is 16.6. The first kappa shape index (κ1) is 21.5. The lowest BCUT2D eigenvalue weighted by Crippen LogP contribution is -2.43. The molecule has 1 saturated heterocycles. The van der Waals surface area contributed by atoms with Crippen LogP contribution < -0.4 is 4.74 Å². The third-order valence-corrected chi connectivity index (χ3v) is 5.72. The number of carbonyl (C=O) groups excluding carboxylic acids is 1. The lowest BCUT2D eigenvalue weighted by Gasteiger charge is -2.36. The van der Waals surface area contributed by atoms with Crippen molar-refractivity contribution < 1.29 is 19.0 Å². The third kappa shape index (κ3) is 5.94. The maximum atomic E-state index is 12.0. The second-order valence-electron chi connectivity index (χ2n) is 8.46. The molecule has 2 aromatic rings. The summed E-state index contributed by atoms with van der Waals surface area (Å²) in [6.07, 6.45) is 10.9. The molecule has 3 heterocycles. The van der Waals surface area contributed by atoms with E-state index >= 15 is 0 Å². The van der Waals surface area contributed by atoms with Crippen molar-refractivity contribution in [3.05, 3.63) is 31.0 Å². The van der Waals surface area contributed by atoms with Crippen molar-refractivity contribution in [2.24, 2.45) is 0 Å². The molecule has 31 heavy (non-hydrogen) atoms. The molecule has 168 valence electrons. The fraction of sp³-hybridized carbons (Fsp3) is 0.636. The summed E-state index contributed by atoms with van der Waals surface area (Å²) in [5.41, 5.74) is 0. The van der Waals surface area contributed by atoms with Crippen molar-refractivity contribution in [1.29, 1.82) is 0 Å². The summed E-state index contributed by atoms with van der Waals surface area (Å²) < 4.78 is 19.3. The van der Waals surface area contributed by atoms with Crippen molar-refractivity contribution in [2.75, 3.05) is 13.1 Å². The lowest BCUT2D eigenvalue weighted by atomic mass is 9.94. The molecular formula is C22H31N5O4. The number of pyridine rings is 1. The van der Waals surface area contributed by atoms with Gasteiger partial charge in [-0.1, -0.05) is 0 Å². The van der Waals surface area contributed by atoms with Crippen LogP contribution in [0.4, 0.5) is 4.79 Å². The van der Waals surface area contributed by atoms with E-state index in [1.807, 2.05) is 26.0 Å². The van der Waals surface area contributed by atoms with Crippen LogP contribution in [-0.2, 0) is 9.47 Å². The summed E-state index contributed by atoms with van der Waals surface area (Å²) in [7, 11) is 0. The average Bonchev–Trinajstić information content (AvgIpc) is 3.31. The number of ether oxygens (including phenoxy) is 3. The second kappa shape index (κ2) is 10.1. The molecule has 0 N–H and O–H groups in total. The highest BCUT2D eigenvalue weighted by Crippen LogP contribution is 2.28. The van der Waals surface area contributed by atoms with Gasteiger partial charge in [-0.15, -0.1) is 0 Å². The number of aromatic nitrogens is 4. The van der Waals surface area contributed by atoms with Gasteiger partial charge in [-0.3, -0.25) is 0 Å². The topological polar surface area (TPSA) is 91.6 Å². The first-order chi connectivity index (χ1) is 15.1. The van der Waals surface area contributed by atoms with Gasteiger partial charge in [0.05, 0.1) is 30.6 Å². The Bertz CT molecular complexity index is 811. The Hall–Kier alpha value is -2.68. The van der Waals surface area contributed by atoms with E-state index in [0.29, 0.717) is 18.9 Å². The highest BCUT2D eigenvalue weighted by Gasteiger charge is 2.29. The first-order valence-corrected chi connectivity index (χ1v) is 11.2. The summed E-state index contributed by atoms with van der Waals surface area (Å²) in [6, 6.07) is 3.80. The van der Waals surface area contributed by atoms with Crippen molar-refractivity contribution in [3.8, 4) is 11.6 Å². The Kier molecular flexibility index (Phi) is 7.01. The van der Waals surface area contributed by atoms with E-state index in [1.165, 1.54) is 6.33 Å². The number of nitrogens with zero attached hydrogens (tertiary/aromatic N) is 5. The van der Waals surface area contributed by atoms with Crippen molar-refractivity contribution in [1.82, 2.24) is 24.6 Å². The van der Waals surface area contributed by atoms with E-state index < -0.39 is 0 Å². The molecule has 2 aliphatic rings. The van der Waals surface area contributed by atoms with Gasteiger partial charge in [0.1, 0.15) is 18.4 Å². The molecular weight excluding hydrogens is 398 g/mol. The van der Waals surface area contributed by atoms with Gasteiger partial charge in [-0.2, -0.15) is 5.10 Å². The van der Waals surface area contributed by atoms with Gasteiger partial charge in [0.25, 0.3) is 0 Å². The smallest absolute Gasteiger partial charge is 0.410 e. The Labute approximate surface area is 182 Å². The molecule has 0 aromatic carbocycles. The molecule has 0 bridgehead atoms. The Morgan fingerprint density at radius 1 is 1.03 bits per heavy atom. The molecule has 9 nitrogen and oxygen atoms in total. The van der Waals surface area contributed by atoms with Crippen LogP contribution in [0.5, 0.6) is 5.75 Å². The van der Waals surface area contributed by atoms with Crippen LogP contribution in [0.3, 0.4) is 0 Å². The summed E-state index contributed by atoms with van der Waals surface area (Å²) in [4.78, 5) is 22.1. The summed E-state index contributed by atoms with van der Waals surface area (Å²) in [6.45, 7) is 5.15. The number of piperidine rings is 1. The molecule has 0 spiro atoms. The van der Waals surface area contributed by atoms with Gasteiger partial charge >= 0.3 is 6.09 Å². The quantitative estimate of drug-likeness (QED) is 0.695. The van der Waals surface area contributed by atoms with Crippen LogP contribution in [0.15, 0.2) is 31.0 Å². The molecule has 1 aliphatic heterocycles. The molecule has 0 radical (unpaired) electrons. The monoisotopic (exact) mass is 429 g/mol. The van der Waals surface area contributed by atoms with Crippen LogP contribution in [0.2, 0.25) is 0 Å². The third-order valence-electron chi connectivity index (χ3n) is 5.72. The molecule has 0 atom stereocenters. The molecule has 1 aliphatic carbocycles. The zero-order valence-corrected chi connectivity index (χ0v) is 18.2. The van der Waals surface area contributed by atoms with E-state index in [4.69, 9.17) is 14.2 Å². The zero-order valence-electron chi connectivity index (χ0n) is 18.2. The maximum absolute atomic E-state index is 12.0. The van der Waals surface area contributed by atoms with Crippen molar-refractivity contribution in [3.63, 3.8) is 0 Å². The summed E-state index contributed by atoms with van der Waals surface area (Å²) in [5.74, 6) is 1.49. The van der Waals surface area contributed by atoms with E-state index in [9.17, 15) is 4.79 Å². The van der Waals surface area contributed by atoms with Gasteiger partial charge < -0.3 is 19.1 Å². The number of amides is 1. The predicted octanol–water partition coefficient (Wildman–Crippen LogP) is 3.38.